The smallest absolute Gasteiger partial charge is 0.416 e. The van der Waals surface area contributed by atoms with Crippen LogP contribution in [-0.2, 0) is 15.7 Å². The lowest BCUT2D eigenvalue weighted by Crippen LogP contribution is -2.42. The van der Waals surface area contributed by atoms with Crippen molar-refractivity contribution in [3.8, 4) is 17.0 Å². The molecule has 0 saturated carbocycles. The lowest BCUT2D eigenvalue weighted by molar-refractivity contribution is -0.137. The minimum absolute atomic E-state index is 0.219. The van der Waals surface area contributed by atoms with Gasteiger partial charge < -0.3 is 24.9 Å². The van der Waals surface area contributed by atoms with Crippen LogP contribution in [0.5, 0.6) is 5.75 Å². The third-order valence-electron chi connectivity index (χ3n) is 5.97. The summed E-state index contributed by atoms with van der Waals surface area (Å²) in [5.41, 5.74) is 0.379. The van der Waals surface area contributed by atoms with E-state index < -0.39 is 17.5 Å². The minimum atomic E-state index is -4.52. The van der Waals surface area contributed by atoms with Crippen molar-refractivity contribution in [2.45, 2.75) is 64.1 Å². The largest absolute Gasteiger partial charge is 0.507 e. The van der Waals surface area contributed by atoms with Crippen molar-refractivity contribution >= 4 is 12.1 Å². The van der Waals surface area contributed by atoms with Gasteiger partial charge in [-0.15, -0.1) is 10.2 Å². The second-order valence-electron chi connectivity index (χ2n) is 9.05. The fraction of sp³-hybridized carbons (Fsp3) is 0.577. The predicted molar refractivity (Wildman–Crippen MR) is 134 cm³/mol. The highest BCUT2D eigenvalue weighted by Gasteiger charge is 2.31. The molecule has 1 saturated heterocycles. The van der Waals surface area contributed by atoms with Crippen LogP contribution < -0.4 is 5.32 Å². The number of piperidine rings is 1. The number of methoxy groups -OCH3 is 1. The fourth-order valence-corrected chi connectivity index (χ4v) is 4.23. The van der Waals surface area contributed by atoms with Crippen LogP contribution in [0.2, 0.25) is 0 Å². The van der Waals surface area contributed by atoms with Gasteiger partial charge in [0, 0.05) is 38.8 Å². The molecule has 1 aliphatic rings. The molecule has 0 radical (unpaired) electrons. The van der Waals surface area contributed by atoms with E-state index in [9.17, 15) is 23.1 Å². The molecule has 36 heavy (non-hydrogen) atoms. The Kier molecular flexibility index (Phi) is 12.1. The number of aromatic nitrogens is 2. The summed E-state index contributed by atoms with van der Waals surface area (Å²) in [4.78, 5) is 12.8. The number of hydrogen-bond acceptors (Lipinski definition) is 7. The number of aldehydes is 1. The van der Waals surface area contributed by atoms with E-state index in [1.165, 1.54) is 6.07 Å². The molecule has 0 amide bonds. The summed E-state index contributed by atoms with van der Waals surface area (Å²) >= 11 is 0. The van der Waals surface area contributed by atoms with Gasteiger partial charge in [-0.1, -0.05) is 12.8 Å². The van der Waals surface area contributed by atoms with E-state index in [0.29, 0.717) is 29.6 Å². The Bertz CT molecular complexity index is 957. The van der Waals surface area contributed by atoms with Crippen molar-refractivity contribution in [1.29, 1.82) is 0 Å². The first kappa shape index (κ1) is 29.5. The van der Waals surface area contributed by atoms with E-state index in [-0.39, 0.29) is 11.6 Å². The second kappa shape index (κ2) is 14.7. The van der Waals surface area contributed by atoms with Crippen molar-refractivity contribution in [3.63, 3.8) is 0 Å². The number of halogens is 3. The predicted octanol–water partition coefficient (Wildman–Crippen LogP) is 5.46. The number of aryl methyl sites for hydroxylation is 1. The number of nitrogens with zero attached hydrogens (tertiary/aromatic N) is 3. The zero-order valence-corrected chi connectivity index (χ0v) is 21.3. The van der Waals surface area contributed by atoms with Gasteiger partial charge in [0.2, 0.25) is 0 Å². The quantitative estimate of drug-likeness (QED) is 0.324. The SMILES string of the molecule is COC.Cc1cc(NC2CCCN(CCCCCCC=O)C2)nnc1-c1ccc(C(F)(F)F)cc1O. The van der Waals surface area contributed by atoms with Gasteiger partial charge in [0.15, 0.2) is 0 Å². The van der Waals surface area contributed by atoms with Gasteiger partial charge in [0.05, 0.1) is 11.3 Å². The molecular formula is C26H37F3N4O3. The van der Waals surface area contributed by atoms with Crippen molar-refractivity contribution in [3.05, 3.63) is 35.4 Å². The molecule has 1 fully saturated rings. The molecule has 1 aromatic carbocycles. The van der Waals surface area contributed by atoms with E-state index in [2.05, 4.69) is 25.2 Å². The monoisotopic (exact) mass is 510 g/mol. The van der Waals surface area contributed by atoms with Gasteiger partial charge in [-0.25, -0.2) is 0 Å². The number of carbonyl (C=O) groups excluding carboxylic acids is 1. The second-order valence-corrected chi connectivity index (χ2v) is 9.05. The number of unbranched alkanes of at least 4 members (excludes halogenated alkanes) is 4. The molecule has 0 aliphatic carbocycles. The number of ether oxygens (including phenoxy) is 1. The van der Waals surface area contributed by atoms with Crippen LogP contribution in [0, 0.1) is 6.92 Å². The molecule has 0 bridgehead atoms. The van der Waals surface area contributed by atoms with E-state index in [0.717, 1.165) is 70.5 Å². The first-order valence-corrected chi connectivity index (χ1v) is 12.3. The Morgan fingerprint density at radius 2 is 1.89 bits per heavy atom. The minimum Gasteiger partial charge on any atom is -0.507 e. The van der Waals surface area contributed by atoms with Gasteiger partial charge >= 0.3 is 6.18 Å². The average molecular weight is 511 g/mol. The Hall–Kier alpha value is -2.72. The van der Waals surface area contributed by atoms with Gasteiger partial charge in [0.25, 0.3) is 0 Å². The van der Waals surface area contributed by atoms with Crippen molar-refractivity contribution in [2.75, 3.05) is 39.2 Å². The van der Waals surface area contributed by atoms with Crippen molar-refractivity contribution < 1.29 is 27.8 Å². The number of rotatable bonds is 10. The number of nitrogens with one attached hydrogen (secondary N) is 1. The van der Waals surface area contributed by atoms with Crippen molar-refractivity contribution in [1.82, 2.24) is 15.1 Å². The molecule has 2 N–H and O–H groups in total. The molecule has 10 heteroatoms. The Labute approximate surface area is 211 Å². The molecule has 1 atom stereocenters. The Morgan fingerprint density at radius 1 is 1.17 bits per heavy atom. The third kappa shape index (κ3) is 9.39. The average Bonchev–Trinajstić information content (AvgIpc) is 2.82. The number of anilines is 1. The van der Waals surface area contributed by atoms with Gasteiger partial charge in [-0.3, -0.25) is 0 Å². The summed E-state index contributed by atoms with van der Waals surface area (Å²) in [6.07, 6.45) is 3.52. The van der Waals surface area contributed by atoms with Crippen LogP contribution >= 0.6 is 0 Å². The molecule has 1 unspecified atom stereocenters. The molecule has 7 nitrogen and oxygen atoms in total. The molecular weight excluding hydrogens is 473 g/mol. The number of aromatic hydroxyl groups is 1. The molecule has 2 heterocycles. The van der Waals surface area contributed by atoms with E-state index in [1.54, 1.807) is 21.1 Å². The maximum absolute atomic E-state index is 12.9. The van der Waals surface area contributed by atoms with E-state index in [4.69, 9.17) is 0 Å². The van der Waals surface area contributed by atoms with Gasteiger partial charge in [-0.05, 0) is 75.5 Å². The highest BCUT2D eigenvalue weighted by atomic mass is 19.4. The van der Waals surface area contributed by atoms with Crippen LogP contribution in [0.3, 0.4) is 0 Å². The topological polar surface area (TPSA) is 87.6 Å². The van der Waals surface area contributed by atoms with Crippen LogP contribution in [0.1, 0.15) is 56.1 Å². The normalized spacial score (nSPS) is 16.2. The Balaban J connectivity index is 0.00000145. The number of hydrogen-bond donors (Lipinski definition) is 2. The first-order valence-electron chi connectivity index (χ1n) is 12.3. The van der Waals surface area contributed by atoms with Gasteiger partial charge in [-0.2, -0.15) is 13.2 Å². The number of alkyl halides is 3. The summed E-state index contributed by atoms with van der Waals surface area (Å²) in [6, 6.07) is 4.92. The molecule has 2 aromatic rings. The van der Waals surface area contributed by atoms with Crippen LogP contribution in [0.25, 0.3) is 11.3 Å². The summed E-state index contributed by atoms with van der Waals surface area (Å²) < 4.78 is 42.8. The highest BCUT2D eigenvalue weighted by molar-refractivity contribution is 5.70. The summed E-state index contributed by atoms with van der Waals surface area (Å²) in [5, 5.41) is 21.9. The fourth-order valence-electron chi connectivity index (χ4n) is 4.23. The van der Waals surface area contributed by atoms with Crippen LogP contribution in [0.4, 0.5) is 19.0 Å². The number of phenolic OH excluding ortho intramolecular Hbond substituents is 1. The molecule has 1 aliphatic heterocycles. The third-order valence-corrected chi connectivity index (χ3v) is 5.97. The molecule has 200 valence electrons. The number of phenols is 1. The lowest BCUT2D eigenvalue weighted by Gasteiger charge is -2.33. The van der Waals surface area contributed by atoms with Crippen LogP contribution in [-0.4, -0.2) is 66.4 Å². The summed E-state index contributed by atoms with van der Waals surface area (Å²) in [7, 11) is 3.25. The first-order chi connectivity index (χ1) is 17.2. The summed E-state index contributed by atoms with van der Waals surface area (Å²) in [5.74, 6) is 0.139. The van der Waals surface area contributed by atoms with Crippen molar-refractivity contribution in [2.24, 2.45) is 0 Å². The summed E-state index contributed by atoms with van der Waals surface area (Å²) in [6.45, 7) is 4.82. The maximum Gasteiger partial charge on any atom is 0.416 e. The highest BCUT2D eigenvalue weighted by Crippen LogP contribution is 2.36. The zero-order chi connectivity index (χ0) is 26.6. The van der Waals surface area contributed by atoms with E-state index in [1.807, 2.05) is 6.07 Å². The molecule has 0 spiro atoms. The number of benzene rings is 1. The molecule has 3 rings (SSSR count). The van der Waals surface area contributed by atoms with E-state index >= 15 is 0 Å². The van der Waals surface area contributed by atoms with Crippen LogP contribution in [0.15, 0.2) is 24.3 Å². The Morgan fingerprint density at radius 3 is 2.53 bits per heavy atom. The number of carbonyl (C=O) groups is 1. The van der Waals surface area contributed by atoms with Gasteiger partial charge in [0.1, 0.15) is 17.9 Å². The molecule has 1 aromatic heterocycles. The lowest BCUT2D eigenvalue weighted by atomic mass is 10.0. The zero-order valence-electron chi connectivity index (χ0n) is 21.3. The number of likely N-dealkylation sites (tertiary alicyclic amines) is 1. The standard InChI is InChI=1S/C24H31F3N4O2.C2H6O/c1-17-14-22(28-19-8-7-12-31(16-19)11-5-3-2-4-6-13-32)29-30-23(17)20-10-9-18(15-21(20)33)24(25,26)27;1-3-2/h9-10,13-15,19,33H,2-8,11-12,16H2,1H3,(H,28,29);1-2H3. The maximum atomic E-state index is 12.9.